The number of ether oxygens (including phenoxy) is 1. The van der Waals surface area contributed by atoms with Crippen molar-refractivity contribution < 1.29 is 9.53 Å². The zero-order valence-corrected chi connectivity index (χ0v) is 16.9. The fourth-order valence-corrected chi connectivity index (χ4v) is 3.66. The van der Waals surface area contributed by atoms with Crippen LogP contribution < -0.4 is 0 Å². The Hall–Kier alpha value is -2.14. The largest absolute Gasteiger partial charge is 0.444 e. The molecule has 0 aliphatic carbocycles. The Morgan fingerprint density at radius 1 is 1.22 bits per heavy atom. The van der Waals surface area contributed by atoms with Crippen LogP contribution in [-0.4, -0.2) is 52.2 Å². The smallest absolute Gasteiger partial charge is 0.410 e. The summed E-state index contributed by atoms with van der Waals surface area (Å²) >= 11 is 0. The van der Waals surface area contributed by atoms with Gasteiger partial charge in [0.2, 0.25) is 0 Å². The normalized spacial score (nSPS) is 19.1. The molecule has 1 aliphatic heterocycles. The van der Waals surface area contributed by atoms with Crippen LogP contribution in [0.2, 0.25) is 0 Å². The molecule has 0 spiro atoms. The predicted molar refractivity (Wildman–Crippen MR) is 109 cm³/mol. The number of carbonyl (C=O) groups excluding carboxylic acids is 1. The Morgan fingerprint density at radius 2 is 2.04 bits per heavy atom. The lowest BCUT2D eigenvalue weighted by atomic mass is 10.1. The first-order chi connectivity index (χ1) is 12.9. The van der Waals surface area contributed by atoms with Crippen LogP contribution in [0.15, 0.2) is 36.7 Å². The van der Waals surface area contributed by atoms with Crippen molar-refractivity contribution in [1.29, 1.82) is 0 Å². The van der Waals surface area contributed by atoms with E-state index in [4.69, 9.17) is 4.74 Å². The Balaban J connectivity index is 1.70. The molecule has 0 radical (unpaired) electrons. The number of fused-ring (bicyclic) bond motifs is 1. The number of benzene rings is 1. The molecule has 1 aromatic carbocycles. The first kappa shape index (κ1) is 19.6. The summed E-state index contributed by atoms with van der Waals surface area (Å²) in [4.78, 5) is 21.1. The van der Waals surface area contributed by atoms with Gasteiger partial charge in [0.25, 0.3) is 0 Å². The molecule has 0 saturated carbocycles. The second-order valence-electron chi connectivity index (χ2n) is 8.37. The van der Waals surface area contributed by atoms with Gasteiger partial charge in [-0.1, -0.05) is 19.1 Å². The third-order valence-corrected chi connectivity index (χ3v) is 5.03. The van der Waals surface area contributed by atoms with Crippen molar-refractivity contribution in [2.75, 3.05) is 19.6 Å². The molecule has 5 heteroatoms. The summed E-state index contributed by atoms with van der Waals surface area (Å²) in [5, 5.41) is 2.39. The van der Waals surface area contributed by atoms with E-state index in [0.29, 0.717) is 6.04 Å². The van der Waals surface area contributed by atoms with Gasteiger partial charge in [-0.25, -0.2) is 4.79 Å². The van der Waals surface area contributed by atoms with Crippen LogP contribution in [0.3, 0.4) is 0 Å². The van der Waals surface area contributed by atoms with Crippen LogP contribution in [0.25, 0.3) is 10.8 Å². The minimum Gasteiger partial charge on any atom is -0.444 e. The summed E-state index contributed by atoms with van der Waals surface area (Å²) in [6, 6.07) is 8.98. The molecular formula is C22H31N3O2. The van der Waals surface area contributed by atoms with Crippen molar-refractivity contribution in [3.8, 4) is 0 Å². The minimum atomic E-state index is -0.454. The molecule has 2 heterocycles. The van der Waals surface area contributed by atoms with E-state index < -0.39 is 5.60 Å². The number of amides is 1. The summed E-state index contributed by atoms with van der Waals surface area (Å²) in [6.07, 6.45) is 5.52. The number of hydrogen-bond acceptors (Lipinski definition) is 4. The zero-order valence-electron chi connectivity index (χ0n) is 16.9. The van der Waals surface area contributed by atoms with Crippen molar-refractivity contribution in [3.05, 3.63) is 42.2 Å². The maximum atomic E-state index is 12.5. The molecule has 1 fully saturated rings. The highest BCUT2D eigenvalue weighted by Gasteiger charge is 2.29. The summed E-state index contributed by atoms with van der Waals surface area (Å²) < 4.78 is 5.59. The first-order valence-corrected chi connectivity index (χ1v) is 9.90. The molecule has 1 saturated heterocycles. The van der Waals surface area contributed by atoms with Crippen molar-refractivity contribution in [2.45, 2.75) is 58.7 Å². The van der Waals surface area contributed by atoms with E-state index >= 15 is 0 Å². The highest BCUT2D eigenvalue weighted by Crippen LogP contribution is 2.21. The second kappa shape index (κ2) is 8.26. The monoisotopic (exact) mass is 369 g/mol. The number of pyridine rings is 1. The standard InChI is InChI=1S/C22H31N3O2/c1-5-20-16-25(21(26)27-22(2,3)4)12-6-11-24(20)15-17-7-8-19-14-23-10-9-18(19)13-17/h7-10,13-14,20H,5-6,11-12,15-16H2,1-4H3/t20-/m1/s1. The molecule has 27 heavy (non-hydrogen) atoms. The van der Waals surface area contributed by atoms with Crippen LogP contribution >= 0.6 is 0 Å². The average molecular weight is 370 g/mol. The minimum absolute atomic E-state index is 0.194. The third kappa shape index (κ3) is 5.19. The summed E-state index contributed by atoms with van der Waals surface area (Å²) in [5.74, 6) is 0. The van der Waals surface area contributed by atoms with Crippen molar-refractivity contribution in [1.82, 2.24) is 14.8 Å². The number of hydrogen-bond donors (Lipinski definition) is 0. The molecular weight excluding hydrogens is 338 g/mol. The fourth-order valence-electron chi connectivity index (χ4n) is 3.66. The molecule has 1 amide bonds. The molecule has 0 bridgehead atoms. The Bertz CT molecular complexity index is 784. The van der Waals surface area contributed by atoms with Gasteiger partial charge in [-0.05, 0) is 56.7 Å². The topological polar surface area (TPSA) is 45.7 Å². The maximum Gasteiger partial charge on any atom is 0.410 e. The highest BCUT2D eigenvalue weighted by molar-refractivity contribution is 5.82. The predicted octanol–water partition coefficient (Wildman–Crippen LogP) is 4.46. The van der Waals surface area contributed by atoms with Crippen molar-refractivity contribution in [2.24, 2.45) is 0 Å². The van der Waals surface area contributed by atoms with Gasteiger partial charge in [-0.2, -0.15) is 0 Å². The lowest BCUT2D eigenvalue weighted by Gasteiger charge is -2.32. The first-order valence-electron chi connectivity index (χ1n) is 9.90. The van der Waals surface area contributed by atoms with E-state index in [1.165, 1.54) is 16.3 Å². The Kier molecular flexibility index (Phi) is 6.00. The molecule has 1 atom stereocenters. The number of rotatable bonds is 3. The molecule has 1 aromatic heterocycles. The number of aromatic nitrogens is 1. The quantitative estimate of drug-likeness (QED) is 0.801. The molecule has 5 nitrogen and oxygen atoms in total. The Labute approximate surface area is 162 Å². The summed E-state index contributed by atoms with van der Waals surface area (Å²) in [6.45, 7) is 11.3. The summed E-state index contributed by atoms with van der Waals surface area (Å²) in [7, 11) is 0. The van der Waals surface area contributed by atoms with Gasteiger partial charge in [0, 0.05) is 50.0 Å². The van der Waals surface area contributed by atoms with Gasteiger partial charge >= 0.3 is 6.09 Å². The lowest BCUT2D eigenvalue weighted by Crippen LogP contribution is -2.44. The maximum absolute atomic E-state index is 12.5. The van der Waals surface area contributed by atoms with Crippen LogP contribution in [0.1, 0.15) is 46.1 Å². The third-order valence-electron chi connectivity index (χ3n) is 5.03. The van der Waals surface area contributed by atoms with Crippen LogP contribution in [-0.2, 0) is 11.3 Å². The van der Waals surface area contributed by atoms with Crippen molar-refractivity contribution in [3.63, 3.8) is 0 Å². The van der Waals surface area contributed by atoms with E-state index in [-0.39, 0.29) is 6.09 Å². The van der Waals surface area contributed by atoms with Crippen molar-refractivity contribution >= 4 is 16.9 Å². The molecule has 0 unspecified atom stereocenters. The number of nitrogens with zero attached hydrogens (tertiary/aromatic N) is 3. The average Bonchev–Trinajstić information content (AvgIpc) is 2.82. The SMILES string of the molecule is CC[C@@H]1CN(C(=O)OC(C)(C)C)CCCN1Cc1ccc2cnccc2c1. The van der Waals surface area contributed by atoms with Gasteiger partial charge in [0.1, 0.15) is 5.60 Å². The van der Waals surface area contributed by atoms with E-state index in [1.54, 1.807) is 0 Å². The molecule has 146 valence electrons. The van der Waals surface area contributed by atoms with Gasteiger partial charge < -0.3 is 9.64 Å². The van der Waals surface area contributed by atoms with Gasteiger partial charge in [-0.15, -0.1) is 0 Å². The van der Waals surface area contributed by atoms with E-state index in [2.05, 4.69) is 41.1 Å². The highest BCUT2D eigenvalue weighted by atomic mass is 16.6. The van der Waals surface area contributed by atoms with E-state index in [9.17, 15) is 4.79 Å². The second-order valence-corrected chi connectivity index (χ2v) is 8.37. The molecule has 3 rings (SSSR count). The van der Waals surface area contributed by atoms with Crippen LogP contribution in [0, 0.1) is 0 Å². The zero-order chi connectivity index (χ0) is 19.4. The molecule has 2 aromatic rings. The van der Waals surface area contributed by atoms with E-state index in [1.807, 2.05) is 38.1 Å². The van der Waals surface area contributed by atoms with Gasteiger partial charge in [0.15, 0.2) is 0 Å². The van der Waals surface area contributed by atoms with E-state index in [0.717, 1.165) is 39.0 Å². The Morgan fingerprint density at radius 3 is 2.78 bits per heavy atom. The van der Waals surface area contributed by atoms with Crippen LogP contribution in [0.4, 0.5) is 4.79 Å². The summed E-state index contributed by atoms with van der Waals surface area (Å²) in [5.41, 5.74) is 0.850. The lowest BCUT2D eigenvalue weighted by molar-refractivity contribution is 0.0228. The fraction of sp³-hybridized carbons (Fsp3) is 0.545. The van der Waals surface area contributed by atoms with Gasteiger partial charge in [-0.3, -0.25) is 9.88 Å². The molecule has 0 N–H and O–H groups in total. The van der Waals surface area contributed by atoms with Gasteiger partial charge in [0.05, 0.1) is 0 Å². The van der Waals surface area contributed by atoms with Crippen LogP contribution in [0.5, 0.6) is 0 Å². The number of carbonyl (C=O) groups is 1. The molecule has 1 aliphatic rings.